The maximum absolute atomic E-state index is 13.0. The molecule has 2 aromatic rings. The summed E-state index contributed by atoms with van der Waals surface area (Å²) in [6.07, 6.45) is 4.94. The lowest BCUT2D eigenvalue weighted by Gasteiger charge is -2.42. The van der Waals surface area contributed by atoms with Crippen molar-refractivity contribution in [1.29, 1.82) is 0 Å². The van der Waals surface area contributed by atoms with Crippen molar-refractivity contribution in [1.82, 2.24) is 0 Å². The number of hydrogen-bond acceptors (Lipinski definition) is 8. The van der Waals surface area contributed by atoms with E-state index in [0.717, 1.165) is 43.2 Å². The van der Waals surface area contributed by atoms with Crippen LogP contribution in [-0.2, 0) is 37.7 Å². The van der Waals surface area contributed by atoms with E-state index in [1.807, 2.05) is 18.2 Å². The van der Waals surface area contributed by atoms with E-state index >= 15 is 0 Å². The lowest BCUT2D eigenvalue weighted by Crippen LogP contribution is -2.43. The number of esters is 2. The molecule has 9 heteroatoms. The molecule has 43 heavy (non-hydrogen) atoms. The van der Waals surface area contributed by atoms with Crippen LogP contribution in [0.3, 0.4) is 0 Å². The van der Waals surface area contributed by atoms with E-state index in [0.29, 0.717) is 36.2 Å². The van der Waals surface area contributed by atoms with Gasteiger partial charge < -0.3 is 29.3 Å². The maximum atomic E-state index is 13.0. The number of anilines is 1. The van der Waals surface area contributed by atoms with Gasteiger partial charge in [0.05, 0.1) is 25.3 Å². The number of aliphatic hydroxyl groups excluding tert-OH is 1. The molecule has 234 valence electrons. The highest BCUT2D eigenvalue weighted by Crippen LogP contribution is 2.42. The Hall–Kier alpha value is -3.07. The molecule has 0 amide bonds. The molecular formula is C34H44ClNO7. The number of nitrogens with zero attached hydrogens (tertiary/aromatic N) is 1. The number of aryl methyl sites for hydroxylation is 1. The largest absolute Gasteiger partial charge is 0.487 e. The Kier molecular flexibility index (Phi) is 10.5. The Bertz CT molecular complexity index is 1320. The summed E-state index contributed by atoms with van der Waals surface area (Å²) in [5.41, 5.74) is 0.0131. The van der Waals surface area contributed by atoms with Crippen molar-refractivity contribution < 1.29 is 34.0 Å². The van der Waals surface area contributed by atoms with E-state index in [2.05, 4.69) is 11.5 Å². The predicted octanol–water partition coefficient (Wildman–Crippen LogP) is 5.73. The molecule has 0 unspecified atom stereocenters. The van der Waals surface area contributed by atoms with E-state index < -0.39 is 35.7 Å². The van der Waals surface area contributed by atoms with Gasteiger partial charge in [-0.25, -0.2) is 4.79 Å². The van der Waals surface area contributed by atoms with Crippen molar-refractivity contribution in [2.75, 3.05) is 25.1 Å². The fourth-order valence-electron chi connectivity index (χ4n) is 5.97. The number of fused-ring (bicyclic) bond motifs is 2. The average Bonchev–Trinajstić information content (AvgIpc) is 2.96. The van der Waals surface area contributed by atoms with Gasteiger partial charge in [0.25, 0.3) is 0 Å². The molecule has 1 fully saturated rings. The molecule has 1 heterocycles. The van der Waals surface area contributed by atoms with Gasteiger partial charge in [-0.2, -0.15) is 0 Å². The molecule has 0 radical (unpaired) electrons. The molecular weight excluding hydrogens is 570 g/mol. The summed E-state index contributed by atoms with van der Waals surface area (Å²) < 4.78 is 16.8. The van der Waals surface area contributed by atoms with E-state index in [-0.39, 0.29) is 17.4 Å². The monoisotopic (exact) mass is 613 g/mol. The van der Waals surface area contributed by atoms with Crippen LogP contribution in [0.2, 0.25) is 5.02 Å². The third-order valence-corrected chi connectivity index (χ3v) is 8.64. The van der Waals surface area contributed by atoms with Gasteiger partial charge in [-0.05, 0) is 106 Å². The van der Waals surface area contributed by atoms with Gasteiger partial charge in [-0.15, -0.1) is 6.58 Å². The molecule has 0 saturated heterocycles. The van der Waals surface area contributed by atoms with E-state index in [1.165, 1.54) is 7.11 Å². The molecule has 2 N–H and O–H groups in total. The molecule has 0 aromatic heterocycles. The zero-order chi connectivity index (χ0) is 31.4. The number of aliphatic hydroxyl groups is 2. The van der Waals surface area contributed by atoms with Gasteiger partial charge in [0, 0.05) is 18.1 Å². The fourth-order valence-corrected chi connectivity index (χ4v) is 6.17. The third-order valence-electron chi connectivity index (χ3n) is 8.41. The van der Waals surface area contributed by atoms with Crippen molar-refractivity contribution in [3.63, 3.8) is 0 Å². The van der Waals surface area contributed by atoms with Crippen LogP contribution in [0.1, 0.15) is 69.6 Å². The number of halogens is 1. The van der Waals surface area contributed by atoms with E-state index in [9.17, 15) is 19.8 Å². The van der Waals surface area contributed by atoms with Gasteiger partial charge in [0.2, 0.25) is 0 Å². The quantitative estimate of drug-likeness (QED) is 0.287. The normalized spacial score (nSPS) is 21.0. The fraction of sp³-hybridized carbons (Fsp3) is 0.529. The summed E-state index contributed by atoms with van der Waals surface area (Å²) in [6.45, 7) is 10.6. The molecule has 1 aliphatic carbocycles. The Balaban J connectivity index is 1.75. The number of hydrogen-bond donors (Lipinski definition) is 2. The van der Waals surface area contributed by atoms with Crippen molar-refractivity contribution in [2.45, 2.75) is 83.2 Å². The number of methoxy groups -OCH3 is 1. The third kappa shape index (κ3) is 7.91. The number of rotatable bonds is 8. The van der Waals surface area contributed by atoms with Gasteiger partial charge in [-0.3, -0.25) is 4.79 Å². The second-order valence-corrected chi connectivity index (χ2v) is 13.1. The van der Waals surface area contributed by atoms with E-state index in [1.54, 1.807) is 45.0 Å². The Morgan fingerprint density at radius 3 is 2.58 bits per heavy atom. The average molecular weight is 614 g/mol. The SMILES string of the molecule is C=C[C@H](O)[C@@H]1CC[C@H]1CN1CCCCc2cc(Cl)ccc2COc2ccc([C@](O)(CC(=O)OC(C)(C)C)C(=O)OC)cc21. The first-order valence-corrected chi connectivity index (χ1v) is 15.3. The summed E-state index contributed by atoms with van der Waals surface area (Å²) in [7, 11) is 1.17. The standard InChI is InChI=1S/C34H44ClNO7/c1-6-29(37)27-14-11-23(27)20-36-16-8-7-9-22-17-26(35)13-10-24(22)21-42-30-15-12-25(18-28(30)36)34(40,32(39)41-5)19-31(38)43-33(2,3)4/h6,10,12-13,15,17-18,23,27,29,37,40H,1,7-9,11,14,16,19-21H2,2-5H3/t23-,27+,29-,34+/m0/s1. The van der Waals surface area contributed by atoms with Crippen LogP contribution >= 0.6 is 11.6 Å². The Labute approximate surface area is 259 Å². The highest BCUT2D eigenvalue weighted by molar-refractivity contribution is 6.30. The minimum atomic E-state index is -2.27. The van der Waals surface area contributed by atoms with E-state index in [4.69, 9.17) is 25.8 Å². The van der Waals surface area contributed by atoms with Crippen LogP contribution in [0, 0.1) is 11.8 Å². The van der Waals surface area contributed by atoms with Crippen molar-refractivity contribution >= 4 is 29.2 Å². The van der Waals surface area contributed by atoms with Crippen LogP contribution in [0.5, 0.6) is 5.75 Å². The molecule has 1 saturated carbocycles. The summed E-state index contributed by atoms with van der Waals surface area (Å²) in [4.78, 5) is 28.1. The number of benzene rings is 2. The lowest BCUT2D eigenvalue weighted by molar-refractivity contribution is -0.175. The Morgan fingerprint density at radius 2 is 1.93 bits per heavy atom. The zero-order valence-corrected chi connectivity index (χ0v) is 26.4. The molecule has 0 bridgehead atoms. The summed E-state index contributed by atoms with van der Waals surface area (Å²) in [5, 5.41) is 22.9. The zero-order valence-electron chi connectivity index (χ0n) is 25.6. The van der Waals surface area contributed by atoms with Crippen LogP contribution in [0.4, 0.5) is 5.69 Å². The maximum Gasteiger partial charge on any atom is 0.343 e. The van der Waals surface area contributed by atoms with Crippen LogP contribution in [0.25, 0.3) is 0 Å². The molecule has 4 atom stereocenters. The summed E-state index contributed by atoms with van der Waals surface area (Å²) in [6, 6.07) is 10.9. The van der Waals surface area contributed by atoms with Crippen molar-refractivity contribution in [3.05, 3.63) is 70.8 Å². The second-order valence-electron chi connectivity index (χ2n) is 12.6. The second kappa shape index (κ2) is 13.7. The smallest absolute Gasteiger partial charge is 0.343 e. The lowest BCUT2D eigenvalue weighted by atomic mass is 9.70. The highest BCUT2D eigenvalue weighted by atomic mass is 35.5. The molecule has 8 nitrogen and oxygen atoms in total. The molecule has 1 aliphatic heterocycles. The Morgan fingerprint density at radius 1 is 1.16 bits per heavy atom. The first-order valence-electron chi connectivity index (χ1n) is 15.0. The first kappa shape index (κ1) is 32.8. The predicted molar refractivity (Wildman–Crippen MR) is 166 cm³/mol. The van der Waals surface area contributed by atoms with Crippen LogP contribution in [0.15, 0.2) is 49.1 Å². The van der Waals surface area contributed by atoms with Gasteiger partial charge in [-0.1, -0.05) is 29.8 Å². The van der Waals surface area contributed by atoms with Crippen LogP contribution in [-0.4, -0.2) is 54.1 Å². The highest BCUT2D eigenvalue weighted by Gasteiger charge is 2.44. The number of carbonyl (C=O) groups excluding carboxylic acids is 2. The minimum absolute atomic E-state index is 0.105. The molecule has 2 aromatic carbocycles. The molecule has 0 spiro atoms. The summed E-state index contributed by atoms with van der Waals surface area (Å²) in [5.74, 6) is -0.769. The molecule has 4 rings (SSSR count). The molecule has 2 aliphatic rings. The van der Waals surface area contributed by atoms with Gasteiger partial charge in [0.15, 0.2) is 5.60 Å². The van der Waals surface area contributed by atoms with Gasteiger partial charge >= 0.3 is 11.9 Å². The van der Waals surface area contributed by atoms with Gasteiger partial charge in [0.1, 0.15) is 18.0 Å². The number of carbonyl (C=O) groups is 2. The van der Waals surface area contributed by atoms with Crippen molar-refractivity contribution in [3.8, 4) is 5.75 Å². The van der Waals surface area contributed by atoms with Crippen molar-refractivity contribution in [2.24, 2.45) is 11.8 Å². The topological polar surface area (TPSA) is 106 Å². The van der Waals surface area contributed by atoms with Crippen LogP contribution < -0.4 is 9.64 Å². The first-order chi connectivity index (χ1) is 20.3. The summed E-state index contributed by atoms with van der Waals surface area (Å²) >= 11 is 6.31. The minimum Gasteiger partial charge on any atom is -0.487 e. The number of ether oxygens (including phenoxy) is 3.